The lowest BCUT2D eigenvalue weighted by Gasteiger charge is -2.26. The highest BCUT2D eigenvalue weighted by Crippen LogP contribution is 2.39. The first-order chi connectivity index (χ1) is 59.4. The van der Waals surface area contributed by atoms with Gasteiger partial charge in [-0.25, -0.2) is 0 Å². The van der Waals surface area contributed by atoms with E-state index in [0.29, 0.717) is 5.75 Å². The predicted molar refractivity (Wildman–Crippen MR) is 508 cm³/mol. The molecule has 0 atom stereocenters. The Kier molecular flexibility index (Phi) is 42.0. The van der Waals surface area contributed by atoms with E-state index in [2.05, 4.69) is 181 Å². The fourth-order valence-corrected chi connectivity index (χ4v) is 12.5. The highest BCUT2D eigenvalue weighted by molar-refractivity contribution is 7.86. The molecular weight excluding hydrogens is 1670 g/mol. The maximum atomic E-state index is 9.78. The predicted octanol–water partition coefficient (Wildman–Crippen LogP) is 19.9. The van der Waals surface area contributed by atoms with Crippen LogP contribution in [0.15, 0.2) is 291 Å². The first-order valence-electron chi connectivity index (χ1n) is 40.4. The molecule has 0 aliphatic heterocycles. The Labute approximate surface area is 753 Å². The van der Waals surface area contributed by atoms with Crippen molar-refractivity contribution in [3.63, 3.8) is 0 Å². The van der Waals surface area contributed by atoms with Gasteiger partial charge < -0.3 is 59.8 Å². The Morgan fingerprint density at radius 2 is 0.291 bits per heavy atom. The number of aromatic hydroxyl groups is 5. The van der Waals surface area contributed by atoms with Crippen molar-refractivity contribution in [2.24, 2.45) is 0 Å². The second-order valence-electron chi connectivity index (χ2n) is 32.6. The monoisotopic (exact) mass is 1800 g/mol. The van der Waals surface area contributed by atoms with E-state index in [1.165, 1.54) is 44.5 Å². The first-order valence-corrected chi connectivity index (χ1v) is 45.8. The highest BCUT2D eigenvalue weighted by Gasteiger charge is 2.29. The molecule has 0 spiro atoms. The van der Waals surface area contributed by atoms with Gasteiger partial charge in [-0.3, -0.25) is 12.5 Å². The van der Waals surface area contributed by atoms with Crippen molar-refractivity contribution in [1.82, 2.24) is 0 Å². The standard InChI is InChI=1S/3C17H20O2.C16H18O2.2C15H16O2.3C2H6O3S/c3*1-17(2,14-6-4-13(12-18)5-7-14)15-8-10-16(19-3)11-9-15;1-16(2,12-4-8-14(17)9-5-12)13-6-10-15(18-3)11-7-13;2*1-15(2,11-3-7-13(16)8-4-11)12-5-9-14(17)10-6-12;3*1-5-6(2,3)4/h3*4-11,18H,12H2,1-3H3;4-11,17H,1-3H3;2*3-10,16-17H,1-2H3;3*1-2H3. The molecule has 0 saturated carbocycles. The van der Waals surface area contributed by atoms with Crippen LogP contribution in [0.25, 0.3) is 0 Å². The molecule has 0 aliphatic carbocycles. The van der Waals surface area contributed by atoms with Crippen molar-refractivity contribution in [1.29, 1.82) is 0 Å². The molecule has 0 heterocycles. The topological polar surface area (TPSA) is 329 Å². The summed E-state index contributed by atoms with van der Waals surface area (Å²) in [6, 6.07) is 93.1. The number of aliphatic hydroxyl groups is 3. The number of hydrogen-bond acceptors (Lipinski definition) is 21. The van der Waals surface area contributed by atoms with Crippen molar-refractivity contribution in [2.45, 2.75) is 135 Å². The van der Waals surface area contributed by atoms with E-state index in [0.717, 1.165) is 102 Å². The number of benzene rings is 12. The Morgan fingerprint density at radius 1 is 0.197 bits per heavy atom. The van der Waals surface area contributed by atoms with Crippen molar-refractivity contribution >= 4 is 30.4 Å². The molecule has 0 radical (unpaired) electrons. The lowest BCUT2D eigenvalue weighted by Crippen LogP contribution is -2.18. The minimum Gasteiger partial charge on any atom is -0.508 e. The molecule has 24 heteroatoms. The maximum absolute atomic E-state index is 9.78. The summed E-state index contributed by atoms with van der Waals surface area (Å²) in [4.78, 5) is 0. The number of ether oxygens (including phenoxy) is 4. The van der Waals surface area contributed by atoms with Gasteiger partial charge in [0.15, 0.2) is 0 Å². The van der Waals surface area contributed by atoms with Crippen molar-refractivity contribution < 1.29 is 97.6 Å². The third kappa shape index (κ3) is 35.0. The molecular formula is C103H128O21S3. The van der Waals surface area contributed by atoms with Gasteiger partial charge in [-0.1, -0.05) is 265 Å². The van der Waals surface area contributed by atoms with E-state index in [1.807, 2.05) is 146 Å². The Hall–Kier alpha value is -11.6. The van der Waals surface area contributed by atoms with Gasteiger partial charge in [-0.2, -0.15) is 25.3 Å². The third-order valence-corrected chi connectivity index (χ3v) is 23.5. The average Bonchev–Trinajstić information content (AvgIpc) is 0.807. The molecule has 12 aromatic rings. The van der Waals surface area contributed by atoms with Gasteiger partial charge in [0, 0.05) is 32.5 Å². The van der Waals surface area contributed by atoms with Crippen LogP contribution in [0.2, 0.25) is 0 Å². The van der Waals surface area contributed by atoms with E-state index in [-0.39, 0.29) is 75.3 Å². The van der Waals surface area contributed by atoms with Crippen LogP contribution in [0.3, 0.4) is 0 Å². The SMILES string of the molecule is CC(C)(c1ccc(O)cc1)c1ccc(O)cc1.CC(C)(c1ccc(O)cc1)c1ccc(O)cc1.COS(C)(=O)=O.COS(C)(=O)=O.COS(C)(=O)=O.COc1ccc(C(C)(C)c2ccc(CO)cc2)cc1.COc1ccc(C(C)(C)c2ccc(CO)cc2)cc1.COc1ccc(C(C)(C)c2ccc(CO)cc2)cc1.COc1ccc(C(C)(C)c2ccc(O)cc2)cc1. The van der Waals surface area contributed by atoms with E-state index in [9.17, 15) is 50.8 Å². The molecule has 12 aromatic carbocycles. The molecule has 0 bridgehead atoms. The fraction of sp³-hybridized carbons (Fsp3) is 0.301. The molecule has 0 unspecified atom stereocenters. The number of methoxy groups -OCH3 is 4. The minimum absolute atomic E-state index is 0.0692. The third-order valence-electron chi connectivity index (χ3n) is 21.7. The zero-order valence-corrected chi connectivity index (χ0v) is 79.4. The highest BCUT2D eigenvalue weighted by atomic mass is 32.2. The quantitative estimate of drug-likeness (QED) is 0.0292. The number of phenols is 5. The van der Waals surface area contributed by atoms with E-state index in [1.54, 1.807) is 89.1 Å². The van der Waals surface area contributed by atoms with Crippen LogP contribution >= 0.6 is 0 Å². The zero-order chi connectivity index (χ0) is 95.4. The zero-order valence-electron chi connectivity index (χ0n) is 76.9. The smallest absolute Gasteiger partial charge is 0.264 e. The van der Waals surface area contributed by atoms with E-state index < -0.39 is 30.4 Å². The molecule has 0 aromatic heterocycles. The van der Waals surface area contributed by atoms with Crippen LogP contribution in [-0.4, -0.2) is 135 Å². The summed E-state index contributed by atoms with van der Waals surface area (Å²) in [6.07, 6.45) is 2.98. The summed E-state index contributed by atoms with van der Waals surface area (Å²) in [5.41, 5.74) is 16.5. The summed E-state index contributed by atoms with van der Waals surface area (Å²) in [5.74, 6) is 4.86. The van der Waals surface area contributed by atoms with Crippen LogP contribution in [0, 0.1) is 0 Å². The minimum atomic E-state index is -3.16. The first kappa shape index (κ1) is 108. The van der Waals surface area contributed by atoms with Gasteiger partial charge in [0.1, 0.15) is 51.7 Å². The summed E-state index contributed by atoms with van der Waals surface area (Å²) in [7, 11) is 0.565. The molecule has 0 aliphatic rings. The summed E-state index contributed by atoms with van der Waals surface area (Å²) in [5, 5.41) is 73.8. The molecule has 0 saturated heterocycles. The molecule has 684 valence electrons. The maximum Gasteiger partial charge on any atom is 0.264 e. The lowest BCUT2D eigenvalue weighted by atomic mass is 9.78. The Balaban J connectivity index is 0.000000307. The van der Waals surface area contributed by atoms with Crippen molar-refractivity contribution in [3.05, 3.63) is 375 Å². The molecule has 12 rings (SSSR count). The fourth-order valence-electron chi connectivity index (χ4n) is 12.5. The lowest BCUT2D eigenvalue weighted by molar-refractivity contribution is 0.281. The summed E-state index contributed by atoms with van der Waals surface area (Å²) < 4.78 is 91.1. The van der Waals surface area contributed by atoms with E-state index >= 15 is 0 Å². The van der Waals surface area contributed by atoms with Gasteiger partial charge in [0.25, 0.3) is 30.4 Å². The normalized spacial score (nSPS) is 11.4. The number of hydrogen-bond donors (Lipinski definition) is 8. The van der Waals surface area contributed by atoms with Gasteiger partial charge in [-0.05, 0) is 193 Å². The van der Waals surface area contributed by atoms with E-state index in [4.69, 9.17) is 34.3 Å². The molecule has 0 amide bonds. The van der Waals surface area contributed by atoms with Crippen LogP contribution in [0.5, 0.6) is 51.7 Å². The van der Waals surface area contributed by atoms with Crippen LogP contribution < -0.4 is 18.9 Å². The molecule has 0 fully saturated rings. The van der Waals surface area contributed by atoms with Gasteiger partial charge in [-0.15, -0.1) is 0 Å². The largest absolute Gasteiger partial charge is 0.508 e. The van der Waals surface area contributed by atoms with Crippen LogP contribution in [0.4, 0.5) is 0 Å². The Morgan fingerprint density at radius 3 is 0.378 bits per heavy atom. The summed E-state index contributed by atoms with van der Waals surface area (Å²) >= 11 is 0. The number of aliphatic hydroxyl groups excluding tert-OH is 3. The van der Waals surface area contributed by atoms with Gasteiger partial charge >= 0.3 is 0 Å². The second kappa shape index (κ2) is 49.5. The molecule has 21 nitrogen and oxygen atoms in total. The Bertz CT molecular complexity index is 4890. The van der Waals surface area contributed by atoms with Crippen molar-refractivity contribution in [2.75, 3.05) is 68.5 Å². The average molecular weight is 1800 g/mol. The van der Waals surface area contributed by atoms with Gasteiger partial charge in [0.2, 0.25) is 0 Å². The van der Waals surface area contributed by atoms with Crippen LogP contribution in [0.1, 0.15) is 167 Å². The van der Waals surface area contributed by atoms with Gasteiger partial charge in [0.05, 0.1) is 88.4 Å². The number of phenolic OH excluding ortho intramolecular Hbond substituents is 5. The van der Waals surface area contributed by atoms with Crippen molar-refractivity contribution in [3.8, 4) is 51.7 Å². The van der Waals surface area contributed by atoms with Crippen LogP contribution in [-0.2, 0) is 95.2 Å². The molecule has 8 N–H and O–H groups in total. The summed E-state index contributed by atoms with van der Waals surface area (Å²) in [6.45, 7) is 26.2. The number of rotatable bonds is 22. The molecule has 127 heavy (non-hydrogen) atoms. The second-order valence-corrected chi connectivity index (χ2v) is 37.8.